The number of aromatic nitrogens is 2. The number of hydrogen-bond donors (Lipinski definition) is 1. The summed E-state index contributed by atoms with van der Waals surface area (Å²) in [5.41, 5.74) is 5.35. The Morgan fingerprint density at radius 1 is 1.10 bits per heavy atom. The number of rotatable bonds is 3. The lowest BCUT2D eigenvalue weighted by molar-refractivity contribution is 0.177. The fourth-order valence-electron chi connectivity index (χ4n) is 2.94. The molecule has 0 radical (unpaired) electrons. The Hall–Kier alpha value is -2.13. The molecule has 0 fully saturated rings. The van der Waals surface area contributed by atoms with E-state index in [-0.39, 0.29) is 0 Å². The minimum absolute atomic E-state index is 0.526. The maximum absolute atomic E-state index is 10.5. The van der Waals surface area contributed by atoms with Gasteiger partial charge in [-0.05, 0) is 25.5 Å². The van der Waals surface area contributed by atoms with Crippen LogP contribution in [0.3, 0.4) is 0 Å². The number of para-hydroxylation sites is 1. The highest BCUT2D eigenvalue weighted by Gasteiger charge is 2.15. The lowest BCUT2D eigenvalue weighted by atomic mass is 9.99. The third-order valence-electron chi connectivity index (χ3n) is 3.85. The Bertz CT molecular complexity index is 769. The van der Waals surface area contributed by atoms with Gasteiger partial charge in [0.05, 0.1) is 17.3 Å². The zero-order chi connectivity index (χ0) is 15.0. The molecule has 3 rings (SSSR count). The first-order valence-electron chi connectivity index (χ1n) is 7.21. The monoisotopic (exact) mass is 280 g/mol. The van der Waals surface area contributed by atoms with Crippen molar-refractivity contribution in [3.05, 3.63) is 64.8 Å². The number of benzene rings is 2. The summed E-state index contributed by atoms with van der Waals surface area (Å²) < 4.78 is 1.87. The highest BCUT2D eigenvalue weighted by molar-refractivity contribution is 5.81. The molecule has 0 spiro atoms. The molecule has 0 aliphatic rings. The van der Waals surface area contributed by atoms with Gasteiger partial charge in [-0.1, -0.05) is 47.5 Å². The topological polar surface area (TPSA) is 38.1 Å². The molecule has 0 aliphatic heterocycles. The Morgan fingerprint density at radius 2 is 1.76 bits per heavy atom. The highest BCUT2D eigenvalue weighted by atomic mass is 16.3. The second kappa shape index (κ2) is 5.34. The van der Waals surface area contributed by atoms with Crippen molar-refractivity contribution in [2.24, 2.45) is 7.05 Å². The molecule has 3 nitrogen and oxygen atoms in total. The maximum atomic E-state index is 10.5. The molecule has 1 heterocycles. The minimum Gasteiger partial charge on any atom is -0.388 e. The molecule has 108 valence electrons. The van der Waals surface area contributed by atoms with Gasteiger partial charge in [-0.15, -0.1) is 0 Å². The van der Waals surface area contributed by atoms with Gasteiger partial charge in [-0.3, -0.25) is 4.68 Å². The van der Waals surface area contributed by atoms with Crippen LogP contribution in [0.1, 0.15) is 28.5 Å². The largest absolute Gasteiger partial charge is 0.388 e. The van der Waals surface area contributed by atoms with Crippen LogP contribution in [0.2, 0.25) is 0 Å². The van der Waals surface area contributed by atoms with Gasteiger partial charge >= 0.3 is 0 Å². The Labute approximate surface area is 124 Å². The fourth-order valence-corrected chi connectivity index (χ4v) is 2.94. The SMILES string of the molecule is Cc1cc(C)cc(C(O)Cc2nn(C)c3ccccc23)c1. The Kier molecular flexibility index (Phi) is 3.52. The molecule has 0 bridgehead atoms. The number of aliphatic hydroxyl groups excluding tert-OH is 1. The van der Waals surface area contributed by atoms with Gasteiger partial charge in [0.25, 0.3) is 0 Å². The summed E-state index contributed by atoms with van der Waals surface area (Å²) in [4.78, 5) is 0. The van der Waals surface area contributed by atoms with E-state index in [1.165, 1.54) is 11.1 Å². The van der Waals surface area contributed by atoms with Crippen molar-refractivity contribution >= 4 is 10.9 Å². The molecule has 0 aliphatic carbocycles. The van der Waals surface area contributed by atoms with Crippen molar-refractivity contribution in [1.29, 1.82) is 0 Å². The molecule has 0 saturated carbocycles. The summed E-state index contributed by atoms with van der Waals surface area (Å²) in [6.45, 7) is 4.11. The van der Waals surface area contributed by atoms with Crippen LogP contribution in [0, 0.1) is 13.8 Å². The molecule has 3 aromatic rings. The van der Waals surface area contributed by atoms with Gasteiger partial charge in [0.1, 0.15) is 0 Å². The van der Waals surface area contributed by atoms with E-state index in [0.717, 1.165) is 22.2 Å². The van der Waals surface area contributed by atoms with Gasteiger partial charge in [-0.2, -0.15) is 5.10 Å². The molecule has 1 aromatic heterocycles. The van der Waals surface area contributed by atoms with Crippen LogP contribution in [-0.4, -0.2) is 14.9 Å². The first-order valence-corrected chi connectivity index (χ1v) is 7.21. The molecule has 3 heteroatoms. The summed E-state index contributed by atoms with van der Waals surface area (Å²) >= 11 is 0. The molecular formula is C18H20N2O. The van der Waals surface area contributed by atoms with Gasteiger partial charge in [-0.25, -0.2) is 0 Å². The van der Waals surface area contributed by atoms with Gasteiger partial charge in [0.2, 0.25) is 0 Å². The molecule has 0 amide bonds. The van der Waals surface area contributed by atoms with Crippen molar-refractivity contribution in [1.82, 2.24) is 9.78 Å². The van der Waals surface area contributed by atoms with Crippen LogP contribution < -0.4 is 0 Å². The zero-order valence-electron chi connectivity index (χ0n) is 12.7. The van der Waals surface area contributed by atoms with Crippen LogP contribution in [-0.2, 0) is 13.5 Å². The summed E-state index contributed by atoms with van der Waals surface area (Å²) in [5, 5.41) is 16.2. The van der Waals surface area contributed by atoms with Crippen LogP contribution in [0.4, 0.5) is 0 Å². The quantitative estimate of drug-likeness (QED) is 0.797. The first-order chi connectivity index (χ1) is 10.0. The fraction of sp³-hybridized carbons (Fsp3) is 0.278. The van der Waals surface area contributed by atoms with E-state index in [2.05, 4.69) is 37.1 Å². The van der Waals surface area contributed by atoms with Crippen molar-refractivity contribution in [3.63, 3.8) is 0 Å². The molecule has 1 unspecified atom stereocenters. The Balaban J connectivity index is 1.94. The molecule has 0 saturated heterocycles. The number of hydrogen-bond acceptors (Lipinski definition) is 2. The van der Waals surface area contributed by atoms with E-state index in [1.807, 2.05) is 36.0 Å². The van der Waals surface area contributed by atoms with E-state index < -0.39 is 6.10 Å². The highest BCUT2D eigenvalue weighted by Crippen LogP contribution is 2.25. The van der Waals surface area contributed by atoms with E-state index in [1.54, 1.807) is 0 Å². The number of aryl methyl sites for hydroxylation is 3. The number of fused-ring (bicyclic) bond motifs is 1. The Morgan fingerprint density at radius 3 is 2.48 bits per heavy atom. The number of nitrogens with zero attached hydrogens (tertiary/aromatic N) is 2. The maximum Gasteiger partial charge on any atom is 0.0846 e. The predicted octanol–water partition coefficient (Wildman–Crippen LogP) is 3.47. The first kappa shape index (κ1) is 13.8. The van der Waals surface area contributed by atoms with E-state index in [0.29, 0.717) is 6.42 Å². The van der Waals surface area contributed by atoms with Gasteiger partial charge in [0.15, 0.2) is 0 Å². The lowest BCUT2D eigenvalue weighted by Crippen LogP contribution is -2.04. The molecule has 1 N–H and O–H groups in total. The molecular weight excluding hydrogens is 260 g/mol. The van der Waals surface area contributed by atoms with Crippen molar-refractivity contribution in [2.45, 2.75) is 26.4 Å². The summed E-state index contributed by atoms with van der Waals surface area (Å²) in [7, 11) is 1.94. The van der Waals surface area contributed by atoms with Crippen molar-refractivity contribution < 1.29 is 5.11 Å². The van der Waals surface area contributed by atoms with E-state index >= 15 is 0 Å². The minimum atomic E-state index is -0.526. The average Bonchev–Trinajstić information content (AvgIpc) is 2.75. The average molecular weight is 280 g/mol. The predicted molar refractivity (Wildman–Crippen MR) is 85.3 cm³/mol. The van der Waals surface area contributed by atoms with Crippen LogP contribution in [0.15, 0.2) is 42.5 Å². The third kappa shape index (κ3) is 2.69. The van der Waals surface area contributed by atoms with E-state index in [9.17, 15) is 5.11 Å². The number of aliphatic hydroxyl groups is 1. The van der Waals surface area contributed by atoms with Crippen molar-refractivity contribution in [3.8, 4) is 0 Å². The van der Waals surface area contributed by atoms with Crippen LogP contribution >= 0.6 is 0 Å². The van der Waals surface area contributed by atoms with Gasteiger partial charge in [0, 0.05) is 18.9 Å². The second-order valence-corrected chi connectivity index (χ2v) is 5.73. The van der Waals surface area contributed by atoms with Crippen LogP contribution in [0.5, 0.6) is 0 Å². The molecule has 1 atom stereocenters. The second-order valence-electron chi connectivity index (χ2n) is 5.73. The molecule has 21 heavy (non-hydrogen) atoms. The third-order valence-corrected chi connectivity index (χ3v) is 3.85. The zero-order valence-corrected chi connectivity index (χ0v) is 12.7. The standard InChI is InChI=1S/C18H20N2O/c1-12-8-13(2)10-14(9-12)18(21)11-16-15-6-4-5-7-17(15)20(3)19-16/h4-10,18,21H,11H2,1-3H3. The van der Waals surface area contributed by atoms with E-state index in [4.69, 9.17) is 0 Å². The van der Waals surface area contributed by atoms with Gasteiger partial charge < -0.3 is 5.11 Å². The molecule has 2 aromatic carbocycles. The smallest absolute Gasteiger partial charge is 0.0846 e. The lowest BCUT2D eigenvalue weighted by Gasteiger charge is -2.12. The summed E-state index contributed by atoms with van der Waals surface area (Å²) in [6, 6.07) is 14.3. The summed E-state index contributed by atoms with van der Waals surface area (Å²) in [5.74, 6) is 0. The normalized spacial score (nSPS) is 12.8. The summed E-state index contributed by atoms with van der Waals surface area (Å²) in [6.07, 6.45) is 0.00598. The van der Waals surface area contributed by atoms with Crippen molar-refractivity contribution in [2.75, 3.05) is 0 Å². The van der Waals surface area contributed by atoms with Crippen LogP contribution in [0.25, 0.3) is 10.9 Å².